The smallest absolute Gasteiger partial charge is 0.290 e. The summed E-state index contributed by atoms with van der Waals surface area (Å²) in [5.41, 5.74) is 11.2. The third-order valence-corrected chi connectivity index (χ3v) is 10.2. The van der Waals surface area contributed by atoms with Gasteiger partial charge < -0.3 is 24.2 Å². The average molecular weight is 705 g/mol. The molecule has 9 nitrogen and oxygen atoms in total. The highest BCUT2D eigenvalue weighted by Gasteiger charge is 2.25. The number of hydrogen-bond donors (Lipinski definition) is 1. The van der Waals surface area contributed by atoms with Crippen LogP contribution in [-0.4, -0.2) is 65.7 Å². The lowest BCUT2D eigenvalue weighted by Gasteiger charge is -2.31. The molecule has 0 bridgehead atoms. The van der Waals surface area contributed by atoms with Gasteiger partial charge in [-0.2, -0.15) is 5.26 Å². The number of likely N-dealkylation sites (tertiary alicyclic amines) is 1. The van der Waals surface area contributed by atoms with Gasteiger partial charge in [0, 0.05) is 49.2 Å². The highest BCUT2D eigenvalue weighted by molar-refractivity contribution is 5.73. The highest BCUT2D eigenvalue weighted by atomic mass is 16.5. The molecule has 0 radical (unpaired) electrons. The van der Waals surface area contributed by atoms with Gasteiger partial charge in [0.2, 0.25) is 0 Å². The topological polar surface area (TPSA) is 108 Å². The summed E-state index contributed by atoms with van der Waals surface area (Å²) < 4.78 is 19.5. The lowest BCUT2D eigenvalue weighted by molar-refractivity contribution is -0.122. The molecule has 52 heavy (non-hydrogen) atoms. The molecule has 4 aromatic rings. The summed E-state index contributed by atoms with van der Waals surface area (Å²) >= 11 is 0. The van der Waals surface area contributed by atoms with Crippen molar-refractivity contribution in [3.05, 3.63) is 105 Å². The summed E-state index contributed by atoms with van der Waals surface area (Å²) in [4.78, 5) is 17.6. The SMILES string of the molecule is CCc1c(OCc2cccc(-c3cccc(OCCCN4CCCC4)c3C)c2C)cc(OCc2cncc(C#N)c2)c2c1CCN(CC)C2.O=CO. The van der Waals surface area contributed by atoms with Crippen LogP contribution in [0.1, 0.15) is 77.6 Å². The number of pyridine rings is 1. The minimum absolute atomic E-state index is 0.250. The molecule has 0 amide bonds. The van der Waals surface area contributed by atoms with Gasteiger partial charge >= 0.3 is 0 Å². The highest BCUT2D eigenvalue weighted by Crippen LogP contribution is 2.39. The predicted molar refractivity (Wildman–Crippen MR) is 204 cm³/mol. The molecule has 2 aliphatic rings. The fraction of sp³-hybridized carbons (Fsp3) is 0.419. The first-order chi connectivity index (χ1) is 25.4. The molecule has 2 aliphatic heterocycles. The summed E-state index contributed by atoms with van der Waals surface area (Å²) in [7, 11) is 0. The van der Waals surface area contributed by atoms with E-state index in [0.29, 0.717) is 18.8 Å². The first-order valence-electron chi connectivity index (χ1n) is 18.5. The van der Waals surface area contributed by atoms with Crippen LogP contribution in [0.5, 0.6) is 17.2 Å². The molecule has 274 valence electrons. The second-order valence-corrected chi connectivity index (χ2v) is 13.4. The van der Waals surface area contributed by atoms with Gasteiger partial charge in [-0.05, 0) is 117 Å². The first kappa shape index (κ1) is 38.3. The van der Waals surface area contributed by atoms with Crippen LogP contribution in [0.2, 0.25) is 0 Å². The van der Waals surface area contributed by atoms with Crippen molar-refractivity contribution in [1.29, 1.82) is 5.26 Å². The summed E-state index contributed by atoms with van der Waals surface area (Å²) in [6.07, 6.45) is 8.89. The standard InChI is InChI=1S/C42H50N4O3.CH2O2/c1-5-35-38-16-20-45(6-2)27-39(38)42(48-28-33-22-32(24-43)25-44-26-33)23-41(35)49-29-34-12-9-13-36(30(34)3)37-14-10-15-40(31(37)4)47-21-11-19-46-17-7-8-18-46;2-1-3/h9-10,12-15,22-23,25-26H,5-8,11,16-21,27-29H2,1-4H3;1H,(H,2,3). The van der Waals surface area contributed by atoms with Crippen LogP contribution in [0, 0.1) is 25.2 Å². The Balaban J connectivity index is 0.00000168. The van der Waals surface area contributed by atoms with E-state index in [-0.39, 0.29) is 6.47 Å². The number of hydrogen-bond acceptors (Lipinski definition) is 8. The number of carboxylic acid groups (broad SMARTS) is 1. The number of ether oxygens (including phenoxy) is 3. The third-order valence-electron chi connectivity index (χ3n) is 10.2. The molecular weight excluding hydrogens is 652 g/mol. The summed E-state index contributed by atoms with van der Waals surface area (Å²) in [6, 6.07) is 19.0. The predicted octanol–water partition coefficient (Wildman–Crippen LogP) is 7.90. The largest absolute Gasteiger partial charge is 0.493 e. The normalized spacial score (nSPS) is 14.1. The zero-order valence-corrected chi connectivity index (χ0v) is 31.1. The number of benzene rings is 3. The van der Waals surface area contributed by atoms with Gasteiger partial charge in [0.1, 0.15) is 36.5 Å². The lowest BCUT2D eigenvalue weighted by atomic mass is 9.91. The molecule has 0 saturated carbocycles. The minimum atomic E-state index is -0.250. The van der Waals surface area contributed by atoms with Gasteiger partial charge in [0.05, 0.1) is 12.2 Å². The Hall–Kier alpha value is -4.91. The second-order valence-electron chi connectivity index (χ2n) is 13.4. The summed E-state index contributed by atoms with van der Waals surface area (Å²) in [5, 5.41) is 16.2. The number of carbonyl (C=O) groups is 1. The van der Waals surface area contributed by atoms with E-state index in [1.165, 1.54) is 64.9 Å². The van der Waals surface area contributed by atoms with Crippen molar-refractivity contribution in [2.75, 3.05) is 39.3 Å². The van der Waals surface area contributed by atoms with E-state index in [4.69, 9.17) is 24.1 Å². The number of likely N-dealkylation sites (N-methyl/N-ethyl adjacent to an activating group) is 1. The van der Waals surface area contributed by atoms with Crippen molar-refractivity contribution in [1.82, 2.24) is 14.8 Å². The van der Waals surface area contributed by atoms with E-state index in [1.54, 1.807) is 12.4 Å². The Morgan fingerprint density at radius 1 is 0.865 bits per heavy atom. The number of fused-ring (bicyclic) bond motifs is 1. The monoisotopic (exact) mass is 704 g/mol. The maximum atomic E-state index is 9.35. The van der Waals surface area contributed by atoms with Gasteiger partial charge in [0.25, 0.3) is 6.47 Å². The Kier molecular flexibility index (Phi) is 14.1. The van der Waals surface area contributed by atoms with Gasteiger partial charge in [-0.25, -0.2) is 0 Å². The Bertz CT molecular complexity index is 1850. The zero-order chi connectivity index (χ0) is 36.9. The quantitative estimate of drug-likeness (QED) is 0.104. The van der Waals surface area contributed by atoms with Crippen LogP contribution in [0.4, 0.5) is 0 Å². The molecule has 0 atom stereocenters. The maximum Gasteiger partial charge on any atom is 0.290 e. The van der Waals surface area contributed by atoms with Crippen LogP contribution >= 0.6 is 0 Å². The van der Waals surface area contributed by atoms with Crippen LogP contribution in [-0.2, 0) is 37.4 Å². The molecule has 0 aliphatic carbocycles. The number of rotatable bonds is 14. The average Bonchev–Trinajstić information content (AvgIpc) is 3.70. The van der Waals surface area contributed by atoms with Gasteiger partial charge in [0.15, 0.2) is 0 Å². The maximum absolute atomic E-state index is 9.35. The Morgan fingerprint density at radius 2 is 1.60 bits per heavy atom. The van der Waals surface area contributed by atoms with Crippen molar-refractivity contribution in [2.24, 2.45) is 0 Å². The number of aromatic nitrogens is 1. The fourth-order valence-corrected chi connectivity index (χ4v) is 7.35. The molecule has 3 heterocycles. The second kappa shape index (κ2) is 19.1. The number of nitrogens with zero attached hydrogens (tertiary/aromatic N) is 4. The zero-order valence-electron chi connectivity index (χ0n) is 31.1. The van der Waals surface area contributed by atoms with E-state index < -0.39 is 0 Å². The first-order valence-corrected chi connectivity index (χ1v) is 18.5. The molecule has 0 unspecified atom stereocenters. The van der Waals surface area contributed by atoms with Crippen molar-refractivity contribution in [3.8, 4) is 34.4 Å². The van der Waals surface area contributed by atoms with Gasteiger partial charge in [-0.3, -0.25) is 14.7 Å². The van der Waals surface area contributed by atoms with E-state index in [1.807, 2.05) is 6.07 Å². The summed E-state index contributed by atoms with van der Waals surface area (Å²) in [6.45, 7) is 16.5. The Labute approximate surface area is 308 Å². The van der Waals surface area contributed by atoms with Crippen molar-refractivity contribution in [2.45, 2.75) is 79.6 Å². The molecule has 1 N–H and O–H groups in total. The van der Waals surface area contributed by atoms with Gasteiger partial charge in [-0.1, -0.05) is 44.2 Å². The van der Waals surface area contributed by atoms with E-state index in [0.717, 1.165) is 80.4 Å². The molecule has 1 saturated heterocycles. The molecule has 1 aromatic heterocycles. The minimum Gasteiger partial charge on any atom is -0.493 e. The fourth-order valence-electron chi connectivity index (χ4n) is 7.35. The molecule has 1 fully saturated rings. The molecule has 0 spiro atoms. The third kappa shape index (κ3) is 9.49. The van der Waals surface area contributed by atoms with Gasteiger partial charge in [-0.15, -0.1) is 0 Å². The lowest BCUT2D eigenvalue weighted by Crippen LogP contribution is -2.31. The molecule has 9 heteroatoms. The van der Waals surface area contributed by atoms with Crippen molar-refractivity contribution < 1.29 is 24.1 Å². The van der Waals surface area contributed by atoms with E-state index in [2.05, 4.69) is 91.0 Å². The van der Waals surface area contributed by atoms with Crippen LogP contribution < -0.4 is 14.2 Å². The van der Waals surface area contributed by atoms with E-state index >= 15 is 0 Å². The van der Waals surface area contributed by atoms with Crippen LogP contribution in [0.15, 0.2) is 60.9 Å². The van der Waals surface area contributed by atoms with E-state index in [9.17, 15) is 5.26 Å². The van der Waals surface area contributed by atoms with Crippen LogP contribution in [0.25, 0.3) is 11.1 Å². The summed E-state index contributed by atoms with van der Waals surface area (Å²) in [5.74, 6) is 2.70. The van der Waals surface area contributed by atoms with Crippen molar-refractivity contribution >= 4 is 6.47 Å². The Morgan fingerprint density at radius 3 is 2.33 bits per heavy atom. The van der Waals surface area contributed by atoms with Crippen LogP contribution in [0.3, 0.4) is 0 Å². The number of nitriles is 1. The molecular formula is C43H52N4O5. The van der Waals surface area contributed by atoms with Crippen molar-refractivity contribution in [3.63, 3.8) is 0 Å². The molecule has 6 rings (SSSR count). The molecule has 3 aromatic carbocycles.